The molecule has 0 aliphatic heterocycles. The largest absolute Gasteiger partial charge is 0.495 e. The van der Waals surface area contributed by atoms with Gasteiger partial charge in [-0.15, -0.1) is 0 Å². The van der Waals surface area contributed by atoms with E-state index in [9.17, 15) is 14.9 Å². The van der Waals surface area contributed by atoms with Crippen molar-refractivity contribution in [1.29, 1.82) is 0 Å². The van der Waals surface area contributed by atoms with Crippen molar-refractivity contribution in [2.45, 2.75) is 26.4 Å². The van der Waals surface area contributed by atoms with Gasteiger partial charge < -0.3 is 19.7 Å². The minimum Gasteiger partial charge on any atom is -0.495 e. The number of nitro benzene ring substituents is 1. The third-order valence-electron chi connectivity index (χ3n) is 4.50. The first-order valence-corrected chi connectivity index (χ1v) is 9.03. The summed E-state index contributed by atoms with van der Waals surface area (Å²) in [5.74, 6) is 0.935. The summed E-state index contributed by atoms with van der Waals surface area (Å²) in [5.41, 5.74) is 1.25. The van der Waals surface area contributed by atoms with Crippen LogP contribution in [0.3, 0.4) is 0 Å². The highest BCUT2D eigenvalue weighted by Crippen LogP contribution is 2.28. The fraction of sp³-hybridized carbons (Fsp3) is 0.350. The van der Waals surface area contributed by atoms with Crippen molar-refractivity contribution in [3.05, 3.63) is 58.1 Å². The van der Waals surface area contributed by atoms with Gasteiger partial charge >= 0.3 is 0 Å². The number of likely N-dealkylation sites (N-methyl/N-ethyl adjacent to an activating group) is 1. The number of rotatable bonds is 9. The molecule has 28 heavy (non-hydrogen) atoms. The van der Waals surface area contributed by atoms with E-state index in [1.54, 1.807) is 0 Å². The third-order valence-corrected chi connectivity index (χ3v) is 4.50. The van der Waals surface area contributed by atoms with E-state index in [1.807, 2.05) is 45.2 Å². The summed E-state index contributed by atoms with van der Waals surface area (Å²) in [6.07, 6.45) is 0. The van der Waals surface area contributed by atoms with Crippen LogP contribution in [0.4, 0.5) is 11.4 Å². The van der Waals surface area contributed by atoms with Crippen molar-refractivity contribution < 1.29 is 24.1 Å². The number of carbonyl (C=O) groups excluding carboxylic acids is 1. The lowest BCUT2D eigenvalue weighted by atomic mass is 10.1. The number of amides is 1. The highest BCUT2D eigenvalue weighted by molar-refractivity contribution is 5.95. The molecule has 0 aliphatic rings. The molecule has 2 rings (SSSR count). The van der Waals surface area contributed by atoms with Crippen molar-refractivity contribution in [3.8, 4) is 11.5 Å². The zero-order chi connectivity index (χ0) is 20.7. The molecule has 2 aromatic rings. The van der Waals surface area contributed by atoms with Gasteiger partial charge in [0.15, 0.2) is 6.04 Å². The summed E-state index contributed by atoms with van der Waals surface area (Å²) in [7, 11) is 3.37. The monoisotopic (exact) mass is 388 g/mol. The van der Waals surface area contributed by atoms with Crippen molar-refractivity contribution >= 4 is 17.3 Å². The molecule has 8 nitrogen and oxygen atoms in total. The van der Waals surface area contributed by atoms with Crippen LogP contribution < -0.4 is 19.7 Å². The Morgan fingerprint density at radius 3 is 2.50 bits per heavy atom. The van der Waals surface area contributed by atoms with Crippen LogP contribution in [0, 0.1) is 10.1 Å². The minimum atomic E-state index is -0.512. The van der Waals surface area contributed by atoms with Gasteiger partial charge in [0.1, 0.15) is 18.0 Å². The molecule has 0 heterocycles. The third kappa shape index (κ3) is 5.43. The maximum Gasteiger partial charge on any atom is 0.282 e. The van der Waals surface area contributed by atoms with Gasteiger partial charge in [-0.3, -0.25) is 14.9 Å². The normalized spacial score (nSPS) is 12.7. The van der Waals surface area contributed by atoms with Gasteiger partial charge in [-0.2, -0.15) is 0 Å². The standard InChI is InChI=1S/C20H25N3O5/c1-5-28-17-9-6-15(7-10-17)13-22(3)14(2)20(24)21-18-12-16(23(25)26)8-11-19(18)27-4/h6-12,14H,5,13H2,1-4H3,(H,21,24)/p+1/t14-/m1/s1. The lowest BCUT2D eigenvalue weighted by molar-refractivity contribution is -0.907. The summed E-state index contributed by atoms with van der Waals surface area (Å²) in [6.45, 7) is 5.00. The number of anilines is 1. The molecule has 1 unspecified atom stereocenters. The summed E-state index contributed by atoms with van der Waals surface area (Å²) < 4.78 is 10.6. The molecule has 2 aromatic carbocycles. The summed E-state index contributed by atoms with van der Waals surface area (Å²) >= 11 is 0. The maximum absolute atomic E-state index is 12.7. The van der Waals surface area contributed by atoms with Crippen LogP contribution >= 0.6 is 0 Å². The van der Waals surface area contributed by atoms with Gasteiger partial charge in [0, 0.05) is 17.7 Å². The van der Waals surface area contributed by atoms with Crippen LogP contribution in [0.1, 0.15) is 19.4 Å². The molecule has 0 saturated carbocycles. The van der Waals surface area contributed by atoms with E-state index in [-0.39, 0.29) is 23.3 Å². The molecule has 150 valence electrons. The highest BCUT2D eigenvalue weighted by atomic mass is 16.6. The Bertz CT molecular complexity index is 823. The Morgan fingerprint density at radius 2 is 1.93 bits per heavy atom. The van der Waals surface area contributed by atoms with E-state index >= 15 is 0 Å². The molecule has 2 N–H and O–H groups in total. The summed E-state index contributed by atoms with van der Waals surface area (Å²) in [4.78, 5) is 24.1. The number of hydrogen-bond acceptors (Lipinski definition) is 5. The predicted molar refractivity (Wildman–Crippen MR) is 106 cm³/mol. The van der Waals surface area contributed by atoms with Gasteiger partial charge in [-0.05, 0) is 44.2 Å². The van der Waals surface area contributed by atoms with Crippen LogP contribution in [0.15, 0.2) is 42.5 Å². The van der Waals surface area contributed by atoms with E-state index in [2.05, 4.69) is 5.32 Å². The number of hydrogen-bond donors (Lipinski definition) is 2. The lowest BCUT2D eigenvalue weighted by Gasteiger charge is -2.21. The topological polar surface area (TPSA) is 95.1 Å². The number of ether oxygens (including phenoxy) is 2. The first-order valence-electron chi connectivity index (χ1n) is 9.03. The van der Waals surface area contributed by atoms with Gasteiger partial charge in [-0.1, -0.05) is 0 Å². The molecule has 0 aliphatic carbocycles. The van der Waals surface area contributed by atoms with Crippen LogP contribution in [0.25, 0.3) is 0 Å². The highest BCUT2D eigenvalue weighted by Gasteiger charge is 2.24. The van der Waals surface area contributed by atoms with Crippen molar-refractivity contribution in [1.82, 2.24) is 0 Å². The Hall–Kier alpha value is -3.13. The van der Waals surface area contributed by atoms with Gasteiger partial charge in [-0.25, -0.2) is 0 Å². The molecule has 0 spiro atoms. The second-order valence-corrected chi connectivity index (χ2v) is 6.45. The number of nitro groups is 1. The Balaban J connectivity index is 2.05. The molecular weight excluding hydrogens is 362 g/mol. The first-order chi connectivity index (χ1) is 13.3. The van der Waals surface area contributed by atoms with Crippen molar-refractivity contribution in [2.24, 2.45) is 0 Å². The number of methoxy groups -OCH3 is 1. The van der Waals surface area contributed by atoms with E-state index in [0.29, 0.717) is 18.9 Å². The minimum absolute atomic E-state index is 0.112. The first kappa shape index (κ1) is 21.2. The molecule has 1 amide bonds. The van der Waals surface area contributed by atoms with Crippen LogP contribution in [-0.4, -0.2) is 37.6 Å². The smallest absolute Gasteiger partial charge is 0.282 e. The summed E-state index contributed by atoms with van der Waals surface area (Å²) in [5, 5.41) is 13.7. The van der Waals surface area contributed by atoms with Crippen LogP contribution in [0.5, 0.6) is 11.5 Å². The molecular formula is C20H26N3O5+. The number of quaternary nitrogens is 1. The van der Waals surface area contributed by atoms with E-state index in [4.69, 9.17) is 9.47 Å². The lowest BCUT2D eigenvalue weighted by Crippen LogP contribution is -3.12. The number of nitrogens with one attached hydrogen (secondary N) is 2. The van der Waals surface area contributed by atoms with Crippen LogP contribution in [-0.2, 0) is 11.3 Å². The quantitative estimate of drug-likeness (QED) is 0.506. The molecule has 0 fully saturated rings. The van der Waals surface area contributed by atoms with Crippen LogP contribution in [0.2, 0.25) is 0 Å². The second kappa shape index (κ2) is 9.70. The maximum atomic E-state index is 12.7. The molecule has 0 bridgehead atoms. The zero-order valence-electron chi connectivity index (χ0n) is 16.5. The Morgan fingerprint density at radius 1 is 1.25 bits per heavy atom. The van der Waals surface area contributed by atoms with Gasteiger partial charge in [0.2, 0.25) is 0 Å². The molecule has 0 aromatic heterocycles. The van der Waals surface area contributed by atoms with Crippen molar-refractivity contribution in [2.75, 3.05) is 26.1 Å². The number of nitrogens with zero attached hydrogens (tertiary/aromatic N) is 1. The van der Waals surface area contributed by atoms with E-state index < -0.39 is 4.92 Å². The number of carbonyl (C=O) groups is 1. The second-order valence-electron chi connectivity index (χ2n) is 6.45. The Kier molecular flexibility index (Phi) is 7.34. The average Bonchev–Trinajstić information content (AvgIpc) is 2.68. The molecule has 2 atom stereocenters. The zero-order valence-corrected chi connectivity index (χ0v) is 16.5. The molecule has 0 saturated heterocycles. The molecule has 8 heteroatoms. The fourth-order valence-electron chi connectivity index (χ4n) is 2.72. The number of non-ortho nitro benzene ring substituents is 1. The van der Waals surface area contributed by atoms with Gasteiger partial charge in [0.05, 0.1) is 31.4 Å². The fourth-order valence-corrected chi connectivity index (χ4v) is 2.72. The van der Waals surface area contributed by atoms with E-state index in [0.717, 1.165) is 16.2 Å². The molecule has 0 radical (unpaired) electrons. The SMILES string of the molecule is CCOc1ccc(C[NH+](C)[C@H](C)C(=O)Nc2cc([N+](=O)[O-])ccc2OC)cc1. The van der Waals surface area contributed by atoms with Gasteiger partial charge in [0.25, 0.3) is 11.6 Å². The summed E-state index contributed by atoms with van der Waals surface area (Å²) in [6, 6.07) is 11.5. The Labute approximate surface area is 164 Å². The van der Waals surface area contributed by atoms with Crippen molar-refractivity contribution in [3.63, 3.8) is 0 Å². The number of benzene rings is 2. The predicted octanol–water partition coefficient (Wildman–Crippen LogP) is 2.04. The average molecular weight is 388 g/mol. The van der Waals surface area contributed by atoms with E-state index in [1.165, 1.54) is 25.3 Å².